The van der Waals surface area contributed by atoms with Gasteiger partial charge in [-0.1, -0.05) is 181 Å². The van der Waals surface area contributed by atoms with Gasteiger partial charge in [-0.05, 0) is 12.8 Å². The van der Waals surface area contributed by atoms with E-state index in [4.69, 9.17) is 4.74 Å². The Bertz CT molecular complexity index is 284. The maximum atomic E-state index is 5.78. The van der Waals surface area contributed by atoms with Crippen molar-refractivity contribution in [2.45, 2.75) is 194 Å². The van der Waals surface area contributed by atoms with E-state index in [1.54, 1.807) is 0 Å². The zero-order valence-corrected chi connectivity index (χ0v) is 23.6. The van der Waals surface area contributed by atoms with Crippen molar-refractivity contribution in [1.82, 2.24) is 0 Å². The minimum Gasteiger partial charge on any atom is -0.381 e. The van der Waals surface area contributed by atoms with Gasteiger partial charge in [-0.2, -0.15) is 0 Å². The van der Waals surface area contributed by atoms with Crippen molar-refractivity contribution in [2.24, 2.45) is 0 Å². The van der Waals surface area contributed by atoms with Crippen molar-refractivity contribution in [3.63, 3.8) is 0 Å². The number of rotatable bonds is 30. The average Bonchev–Trinajstić information content (AvgIpc) is 2.83. The Morgan fingerprint density at radius 1 is 0.242 bits per heavy atom. The van der Waals surface area contributed by atoms with E-state index in [9.17, 15) is 0 Å². The molecule has 0 unspecified atom stereocenters. The summed E-state index contributed by atoms with van der Waals surface area (Å²) in [6, 6.07) is 0. The van der Waals surface area contributed by atoms with Crippen LogP contribution >= 0.6 is 0 Å². The van der Waals surface area contributed by atoms with Crippen molar-refractivity contribution in [3.05, 3.63) is 0 Å². The van der Waals surface area contributed by atoms with E-state index < -0.39 is 0 Å². The Labute approximate surface area is 211 Å². The van der Waals surface area contributed by atoms with E-state index in [1.807, 2.05) is 0 Å². The molecule has 0 radical (unpaired) electrons. The Morgan fingerprint density at radius 2 is 0.424 bits per heavy atom. The maximum Gasteiger partial charge on any atom is 0.0466 e. The molecule has 0 bridgehead atoms. The van der Waals surface area contributed by atoms with E-state index in [2.05, 4.69) is 13.8 Å². The van der Waals surface area contributed by atoms with Crippen molar-refractivity contribution in [3.8, 4) is 0 Å². The van der Waals surface area contributed by atoms with Crippen LogP contribution in [0.3, 0.4) is 0 Å². The highest BCUT2D eigenvalue weighted by Gasteiger charge is 1.96. The molecule has 200 valence electrons. The standard InChI is InChI=1S/C32H66O/c1-3-5-7-9-11-12-13-14-15-16-17-18-19-20-21-22-23-24-25-26-28-30-32-33-31-29-27-10-8-6-4-2/h3-32H2,1-2H3. The zero-order valence-electron chi connectivity index (χ0n) is 23.6. The summed E-state index contributed by atoms with van der Waals surface area (Å²) in [5.41, 5.74) is 0. The van der Waals surface area contributed by atoms with Gasteiger partial charge in [0, 0.05) is 13.2 Å². The minimum absolute atomic E-state index is 0.991. The first-order valence-electron chi connectivity index (χ1n) is 16.0. The summed E-state index contributed by atoms with van der Waals surface area (Å²) in [7, 11) is 0. The predicted octanol–water partition coefficient (Wildman–Crippen LogP) is 12.0. The van der Waals surface area contributed by atoms with Crippen molar-refractivity contribution < 1.29 is 4.74 Å². The summed E-state index contributed by atoms with van der Waals surface area (Å²) in [4.78, 5) is 0. The summed E-state index contributed by atoms with van der Waals surface area (Å²) in [5, 5.41) is 0. The second kappa shape index (κ2) is 32.0. The van der Waals surface area contributed by atoms with Gasteiger partial charge in [-0.3, -0.25) is 0 Å². The van der Waals surface area contributed by atoms with Crippen LogP contribution in [0, 0.1) is 0 Å². The van der Waals surface area contributed by atoms with Crippen LogP contribution in [0.2, 0.25) is 0 Å². The lowest BCUT2D eigenvalue weighted by Crippen LogP contribution is -1.97. The lowest BCUT2D eigenvalue weighted by atomic mass is 10.0. The third kappa shape index (κ3) is 32.0. The van der Waals surface area contributed by atoms with Crippen LogP contribution in [0.5, 0.6) is 0 Å². The number of hydrogen-bond donors (Lipinski definition) is 0. The van der Waals surface area contributed by atoms with Crippen LogP contribution in [0.4, 0.5) is 0 Å². The van der Waals surface area contributed by atoms with Gasteiger partial charge < -0.3 is 4.74 Å². The highest BCUT2D eigenvalue weighted by atomic mass is 16.5. The highest BCUT2D eigenvalue weighted by Crippen LogP contribution is 2.15. The molecule has 0 aliphatic rings. The molecular weight excluding hydrogens is 400 g/mol. The molecule has 0 fully saturated rings. The molecular formula is C32H66O. The van der Waals surface area contributed by atoms with Crippen LogP contribution in [0.25, 0.3) is 0 Å². The molecule has 0 heterocycles. The highest BCUT2D eigenvalue weighted by molar-refractivity contribution is 4.51. The monoisotopic (exact) mass is 467 g/mol. The molecule has 0 amide bonds. The first-order chi connectivity index (χ1) is 16.4. The maximum absolute atomic E-state index is 5.78. The molecule has 0 atom stereocenters. The molecule has 1 nitrogen and oxygen atoms in total. The molecule has 0 aliphatic heterocycles. The zero-order chi connectivity index (χ0) is 23.9. The van der Waals surface area contributed by atoms with Gasteiger partial charge in [0.05, 0.1) is 0 Å². The molecule has 0 aromatic rings. The summed E-state index contributed by atoms with van der Waals surface area (Å²) in [5.74, 6) is 0. The molecule has 0 saturated carbocycles. The van der Waals surface area contributed by atoms with Gasteiger partial charge in [0.2, 0.25) is 0 Å². The third-order valence-electron chi connectivity index (χ3n) is 7.28. The van der Waals surface area contributed by atoms with E-state index in [1.165, 1.54) is 180 Å². The van der Waals surface area contributed by atoms with Gasteiger partial charge in [0.25, 0.3) is 0 Å². The molecule has 0 spiro atoms. The van der Waals surface area contributed by atoms with Crippen LogP contribution < -0.4 is 0 Å². The summed E-state index contributed by atoms with van der Waals surface area (Å²) < 4.78 is 5.78. The summed E-state index contributed by atoms with van der Waals surface area (Å²) in [6.07, 6.45) is 40.1. The lowest BCUT2D eigenvalue weighted by Gasteiger charge is -2.05. The number of hydrogen-bond acceptors (Lipinski definition) is 1. The Kier molecular flexibility index (Phi) is 31.9. The smallest absolute Gasteiger partial charge is 0.0466 e. The minimum atomic E-state index is 0.991. The van der Waals surface area contributed by atoms with Crippen LogP contribution in [0.1, 0.15) is 194 Å². The van der Waals surface area contributed by atoms with Crippen molar-refractivity contribution in [1.29, 1.82) is 0 Å². The van der Waals surface area contributed by atoms with Crippen LogP contribution in [0.15, 0.2) is 0 Å². The van der Waals surface area contributed by atoms with E-state index >= 15 is 0 Å². The molecule has 0 aromatic heterocycles. The Balaban J connectivity index is 2.99. The first-order valence-corrected chi connectivity index (χ1v) is 16.0. The van der Waals surface area contributed by atoms with Crippen molar-refractivity contribution in [2.75, 3.05) is 13.2 Å². The molecule has 0 N–H and O–H groups in total. The fourth-order valence-electron chi connectivity index (χ4n) is 4.90. The largest absolute Gasteiger partial charge is 0.381 e. The summed E-state index contributed by atoms with van der Waals surface area (Å²) >= 11 is 0. The second-order valence-electron chi connectivity index (χ2n) is 10.8. The van der Waals surface area contributed by atoms with Crippen LogP contribution in [-0.2, 0) is 4.74 Å². The van der Waals surface area contributed by atoms with Gasteiger partial charge in [0.1, 0.15) is 0 Å². The lowest BCUT2D eigenvalue weighted by molar-refractivity contribution is 0.125. The number of unbranched alkanes of at least 4 members (excludes halogenated alkanes) is 26. The molecule has 33 heavy (non-hydrogen) atoms. The first kappa shape index (κ1) is 33.0. The van der Waals surface area contributed by atoms with Gasteiger partial charge in [-0.25, -0.2) is 0 Å². The van der Waals surface area contributed by atoms with E-state index in [-0.39, 0.29) is 0 Å². The van der Waals surface area contributed by atoms with E-state index in [0.29, 0.717) is 0 Å². The van der Waals surface area contributed by atoms with Crippen molar-refractivity contribution >= 4 is 0 Å². The van der Waals surface area contributed by atoms with Gasteiger partial charge in [0.15, 0.2) is 0 Å². The Hall–Kier alpha value is -0.0400. The second-order valence-corrected chi connectivity index (χ2v) is 10.8. The topological polar surface area (TPSA) is 9.23 Å². The quantitative estimate of drug-likeness (QED) is 0.0956. The van der Waals surface area contributed by atoms with Gasteiger partial charge in [-0.15, -0.1) is 0 Å². The molecule has 0 aliphatic carbocycles. The molecule has 0 rings (SSSR count). The average molecular weight is 467 g/mol. The third-order valence-corrected chi connectivity index (χ3v) is 7.28. The predicted molar refractivity (Wildman–Crippen MR) is 151 cm³/mol. The fourth-order valence-corrected chi connectivity index (χ4v) is 4.90. The van der Waals surface area contributed by atoms with Gasteiger partial charge >= 0.3 is 0 Å². The Morgan fingerprint density at radius 3 is 0.636 bits per heavy atom. The van der Waals surface area contributed by atoms with E-state index in [0.717, 1.165) is 13.2 Å². The van der Waals surface area contributed by atoms with Crippen LogP contribution in [-0.4, -0.2) is 13.2 Å². The molecule has 1 heteroatoms. The summed E-state index contributed by atoms with van der Waals surface area (Å²) in [6.45, 7) is 6.57. The number of ether oxygens (including phenoxy) is 1. The molecule has 0 aromatic carbocycles. The SMILES string of the molecule is CCCCCCCCCCCCCCCCCCCCCCCCOCCCCCCCC. The fraction of sp³-hybridized carbons (Fsp3) is 1.00. The molecule has 0 saturated heterocycles. The normalized spacial score (nSPS) is 11.5.